The van der Waals surface area contributed by atoms with Crippen LogP contribution < -0.4 is 4.74 Å². The lowest BCUT2D eigenvalue weighted by atomic mass is 9.96. The standard InChI is InChI=1S/C20H29NO4/c1-5-24-20(23)16-10-12-21(13-11-16)19(22)15(4)25-18-9-7-6-8-17(18)14(2)3/h6-9,14-16H,5,10-13H2,1-4H3/t15-/m0/s1. The average molecular weight is 347 g/mol. The van der Waals surface area contributed by atoms with E-state index in [-0.39, 0.29) is 17.8 Å². The first-order valence-electron chi connectivity index (χ1n) is 9.15. The molecule has 0 aromatic heterocycles. The Morgan fingerprint density at radius 1 is 1.16 bits per heavy atom. The smallest absolute Gasteiger partial charge is 0.309 e. The van der Waals surface area contributed by atoms with Crippen LogP contribution in [0.3, 0.4) is 0 Å². The van der Waals surface area contributed by atoms with Crippen molar-refractivity contribution in [3.8, 4) is 5.75 Å². The number of likely N-dealkylation sites (tertiary alicyclic amines) is 1. The normalized spacial score (nSPS) is 16.6. The minimum Gasteiger partial charge on any atom is -0.481 e. The molecule has 0 N–H and O–H groups in total. The van der Waals surface area contributed by atoms with Crippen LogP contribution in [-0.2, 0) is 14.3 Å². The summed E-state index contributed by atoms with van der Waals surface area (Å²) in [4.78, 5) is 26.3. The van der Waals surface area contributed by atoms with E-state index >= 15 is 0 Å². The Labute approximate surface area is 150 Å². The Bertz CT molecular complexity index is 591. The molecule has 138 valence electrons. The first kappa shape index (κ1) is 19.3. The molecule has 5 heteroatoms. The number of piperidine rings is 1. The molecule has 1 aromatic rings. The summed E-state index contributed by atoms with van der Waals surface area (Å²) in [7, 11) is 0. The third-order valence-corrected chi connectivity index (χ3v) is 4.62. The maximum Gasteiger partial charge on any atom is 0.309 e. The van der Waals surface area contributed by atoms with Gasteiger partial charge in [0, 0.05) is 13.1 Å². The van der Waals surface area contributed by atoms with Crippen LogP contribution in [0.1, 0.15) is 52.0 Å². The van der Waals surface area contributed by atoms with Crippen LogP contribution in [-0.4, -0.2) is 42.6 Å². The summed E-state index contributed by atoms with van der Waals surface area (Å²) in [6.45, 7) is 9.35. The second kappa shape index (κ2) is 8.88. The summed E-state index contributed by atoms with van der Waals surface area (Å²) < 4.78 is 11.0. The molecule has 1 aromatic carbocycles. The fraction of sp³-hybridized carbons (Fsp3) is 0.600. The predicted octanol–water partition coefficient (Wildman–Crippen LogP) is 3.38. The molecule has 1 fully saturated rings. The fourth-order valence-corrected chi connectivity index (χ4v) is 3.16. The molecule has 1 atom stereocenters. The zero-order chi connectivity index (χ0) is 18.4. The summed E-state index contributed by atoms with van der Waals surface area (Å²) in [6.07, 6.45) is 0.763. The van der Waals surface area contributed by atoms with Crippen molar-refractivity contribution in [2.75, 3.05) is 19.7 Å². The van der Waals surface area contributed by atoms with Gasteiger partial charge >= 0.3 is 5.97 Å². The van der Waals surface area contributed by atoms with Crippen LogP contribution >= 0.6 is 0 Å². The van der Waals surface area contributed by atoms with Crippen molar-refractivity contribution in [2.24, 2.45) is 5.92 Å². The summed E-state index contributed by atoms with van der Waals surface area (Å²) in [6, 6.07) is 7.84. The molecule has 1 aliphatic heterocycles. The molecule has 2 rings (SSSR count). The Morgan fingerprint density at radius 3 is 2.40 bits per heavy atom. The van der Waals surface area contributed by atoms with E-state index in [1.165, 1.54) is 0 Å². The van der Waals surface area contributed by atoms with Gasteiger partial charge in [-0.1, -0.05) is 32.0 Å². The number of hydrogen-bond donors (Lipinski definition) is 0. The minimum atomic E-state index is -0.543. The third kappa shape index (κ3) is 4.97. The van der Waals surface area contributed by atoms with E-state index in [1.807, 2.05) is 31.2 Å². The van der Waals surface area contributed by atoms with Gasteiger partial charge in [-0.2, -0.15) is 0 Å². The molecule has 25 heavy (non-hydrogen) atoms. The van der Waals surface area contributed by atoms with Gasteiger partial charge in [0.15, 0.2) is 6.10 Å². The first-order valence-corrected chi connectivity index (χ1v) is 9.15. The van der Waals surface area contributed by atoms with E-state index in [1.54, 1.807) is 11.8 Å². The van der Waals surface area contributed by atoms with Crippen molar-refractivity contribution in [3.05, 3.63) is 29.8 Å². The number of carbonyl (C=O) groups is 2. The van der Waals surface area contributed by atoms with Crippen LogP contribution in [0.5, 0.6) is 5.75 Å². The Morgan fingerprint density at radius 2 is 1.80 bits per heavy atom. The van der Waals surface area contributed by atoms with E-state index in [9.17, 15) is 9.59 Å². The lowest BCUT2D eigenvalue weighted by molar-refractivity contribution is -0.152. The average Bonchev–Trinajstić information content (AvgIpc) is 2.61. The Hall–Kier alpha value is -2.04. The monoisotopic (exact) mass is 347 g/mol. The number of esters is 1. The number of amides is 1. The van der Waals surface area contributed by atoms with Gasteiger partial charge in [0.05, 0.1) is 12.5 Å². The van der Waals surface area contributed by atoms with Gasteiger partial charge < -0.3 is 14.4 Å². The van der Waals surface area contributed by atoms with Crippen LogP contribution in [0.4, 0.5) is 0 Å². The molecule has 1 amide bonds. The van der Waals surface area contributed by atoms with Crippen LogP contribution in [0, 0.1) is 5.92 Å². The van der Waals surface area contributed by atoms with Crippen molar-refractivity contribution in [1.82, 2.24) is 4.90 Å². The van der Waals surface area contributed by atoms with E-state index in [0.717, 1.165) is 11.3 Å². The van der Waals surface area contributed by atoms with Crippen molar-refractivity contribution in [2.45, 2.75) is 52.6 Å². The van der Waals surface area contributed by atoms with Crippen molar-refractivity contribution < 1.29 is 19.1 Å². The van der Waals surface area contributed by atoms with Gasteiger partial charge in [-0.05, 0) is 44.2 Å². The Kier molecular flexibility index (Phi) is 6.85. The minimum absolute atomic E-state index is 0.0270. The van der Waals surface area contributed by atoms with E-state index in [0.29, 0.717) is 38.5 Å². The highest BCUT2D eigenvalue weighted by molar-refractivity contribution is 5.81. The van der Waals surface area contributed by atoms with Crippen LogP contribution in [0.15, 0.2) is 24.3 Å². The summed E-state index contributed by atoms with van der Waals surface area (Å²) in [5, 5.41) is 0. The number of rotatable bonds is 6. The Balaban J connectivity index is 1.92. The van der Waals surface area contributed by atoms with Gasteiger partial charge in [0.1, 0.15) is 5.75 Å². The molecule has 0 bridgehead atoms. The highest BCUT2D eigenvalue weighted by Crippen LogP contribution is 2.27. The molecule has 0 radical (unpaired) electrons. The quantitative estimate of drug-likeness (QED) is 0.740. The number of hydrogen-bond acceptors (Lipinski definition) is 4. The van der Waals surface area contributed by atoms with Crippen molar-refractivity contribution >= 4 is 11.9 Å². The molecule has 1 heterocycles. The predicted molar refractivity (Wildman–Crippen MR) is 96.6 cm³/mol. The molecular weight excluding hydrogens is 318 g/mol. The maximum atomic E-state index is 12.7. The highest BCUT2D eigenvalue weighted by atomic mass is 16.5. The topological polar surface area (TPSA) is 55.8 Å². The molecule has 1 aliphatic rings. The van der Waals surface area contributed by atoms with E-state index in [2.05, 4.69) is 13.8 Å². The molecule has 0 aliphatic carbocycles. The molecule has 0 spiro atoms. The van der Waals surface area contributed by atoms with E-state index in [4.69, 9.17) is 9.47 Å². The summed E-state index contributed by atoms with van der Waals surface area (Å²) >= 11 is 0. The van der Waals surface area contributed by atoms with Gasteiger partial charge in [0.2, 0.25) is 0 Å². The summed E-state index contributed by atoms with van der Waals surface area (Å²) in [5.74, 6) is 0.825. The lowest BCUT2D eigenvalue weighted by Gasteiger charge is -2.32. The van der Waals surface area contributed by atoms with Gasteiger partial charge in [-0.25, -0.2) is 0 Å². The van der Waals surface area contributed by atoms with Crippen molar-refractivity contribution in [1.29, 1.82) is 0 Å². The van der Waals surface area contributed by atoms with E-state index < -0.39 is 6.10 Å². The SMILES string of the molecule is CCOC(=O)C1CCN(C(=O)[C@H](C)Oc2ccccc2C(C)C)CC1. The zero-order valence-corrected chi connectivity index (χ0v) is 15.7. The molecule has 5 nitrogen and oxygen atoms in total. The van der Waals surface area contributed by atoms with Gasteiger partial charge in [-0.3, -0.25) is 9.59 Å². The third-order valence-electron chi connectivity index (χ3n) is 4.62. The number of carbonyl (C=O) groups excluding carboxylic acids is 2. The largest absolute Gasteiger partial charge is 0.481 e. The van der Waals surface area contributed by atoms with Gasteiger partial charge in [-0.15, -0.1) is 0 Å². The number of benzene rings is 1. The van der Waals surface area contributed by atoms with Crippen LogP contribution in [0.2, 0.25) is 0 Å². The first-order chi connectivity index (χ1) is 11.9. The number of para-hydroxylation sites is 1. The molecule has 0 saturated carbocycles. The molecular formula is C20H29NO4. The summed E-state index contributed by atoms with van der Waals surface area (Å²) in [5.41, 5.74) is 1.10. The molecule has 0 unspecified atom stereocenters. The second-order valence-electron chi connectivity index (χ2n) is 6.80. The highest BCUT2D eigenvalue weighted by Gasteiger charge is 2.30. The maximum absolute atomic E-state index is 12.7. The second-order valence-corrected chi connectivity index (χ2v) is 6.80. The van der Waals surface area contributed by atoms with Crippen LogP contribution in [0.25, 0.3) is 0 Å². The van der Waals surface area contributed by atoms with Crippen molar-refractivity contribution in [3.63, 3.8) is 0 Å². The number of nitrogens with zero attached hydrogens (tertiary/aromatic N) is 1. The fourth-order valence-electron chi connectivity index (χ4n) is 3.16. The lowest BCUT2D eigenvalue weighted by Crippen LogP contribution is -2.46. The molecule has 1 saturated heterocycles. The van der Waals surface area contributed by atoms with Gasteiger partial charge in [0.25, 0.3) is 5.91 Å². The zero-order valence-electron chi connectivity index (χ0n) is 15.7. The number of ether oxygens (including phenoxy) is 2.